The first-order valence-corrected chi connectivity index (χ1v) is 8.23. The first-order chi connectivity index (χ1) is 10.3. The minimum absolute atomic E-state index is 0.521. The van der Waals surface area contributed by atoms with Gasteiger partial charge in [-0.2, -0.15) is 4.37 Å². The molecule has 3 N–H and O–H groups in total. The van der Waals surface area contributed by atoms with Gasteiger partial charge in [-0.3, -0.25) is 4.98 Å². The zero-order valence-corrected chi connectivity index (χ0v) is 12.6. The van der Waals surface area contributed by atoms with Crippen LogP contribution in [-0.4, -0.2) is 39.9 Å². The van der Waals surface area contributed by atoms with Crippen LogP contribution in [0.5, 0.6) is 0 Å². The van der Waals surface area contributed by atoms with Crippen LogP contribution in [0.2, 0.25) is 0 Å². The minimum Gasteiger partial charge on any atom is -0.382 e. The molecule has 1 unspecified atom stereocenters. The normalized spacial score (nSPS) is 27.7. The van der Waals surface area contributed by atoms with E-state index in [9.17, 15) is 0 Å². The van der Waals surface area contributed by atoms with E-state index in [1.165, 1.54) is 37.5 Å². The Bertz CT molecular complexity index is 618. The van der Waals surface area contributed by atoms with Crippen molar-refractivity contribution in [1.29, 1.82) is 0 Å². The summed E-state index contributed by atoms with van der Waals surface area (Å²) in [5.74, 6) is 1.39. The maximum absolute atomic E-state index is 6.08. The fraction of sp³-hybridized carbons (Fsp3) is 0.467. The average Bonchev–Trinajstić information content (AvgIpc) is 2.90. The molecular formula is C15H19N5S. The number of nitrogens with two attached hydrogens (primary N) is 1. The molecule has 6 heteroatoms. The molecule has 3 fully saturated rings. The monoisotopic (exact) mass is 301 g/mol. The Kier molecular flexibility index (Phi) is 3.27. The number of nitrogens with one attached hydrogen (secondary N) is 1. The largest absolute Gasteiger partial charge is 0.382 e. The number of pyridine rings is 1. The molecule has 110 valence electrons. The van der Waals surface area contributed by atoms with Crippen LogP contribution < -0.4 is 11.1 Å². The first-order valence-electron chi connectivity index (χ1n) is 7.45. The van der Waals surface area contributed by atoms with Crippen molar-refractivity contribution in [3.8, 4) is 11.1 Å². The van der Waals surface area contributed by atoms with E-state index in [2.05, 4.69) is 19.6 Å². The van der Waals surface area contributed by atoms with E-state index in [4.69, 9.17) is 5.73 Å². The van der Waals surface area contributed by atoms with Crippen molar-refractivity contribution < 1.29 is 0 Å². The van der Waals surface area contributed by atoms with Crippen LogP contribution in [0.1, 0.15) is 12.8 Å². The number of fused-ring (bicyclic) bond motifs is 3. The molecular weight excluding hydrogens is 282 g/mol. The highest BCUT2D eigenvalue weighted by atomic mass is 32.1. The molecule has 21 heavy (non-hydrogen) atoms. The van der Waals surface area contributed by atoms with E-state index in [0.29, 0.717) is 11.9 Å². The quantitative estimate of drug-likeness (QED) is 0.910. The highest BCUT2D eigenvalue weighted by Gasteiger charge is 2.34. The molecule has 0 saturated carbocycles. The molecule has 0 aliphatic carbocycles. The minimum atomic E-state index is 0.521. The molecule has 5 nitrogen and oxygen atoms in total. The van der Waals surface area contributed by atoms with Crippen molar-refractivity contribution in [3.05, 3.63) is 24.5 Å². The lowest BCUT2D eigenvalue weighted by Gasteiger charge is -2.45. The molecule has 5 rings (SSSR count). The molecule has 3 aliphatic rings. The number of hydrogen-bond acceptors (Lipinski definition) is 6. The van der Waals surface area contributed by atoms with E-state index in [0.717, 1.165) is 28.6 Å². The van der Waals surface area contributed by atoms with Gasteiger partial charge in [0.1, 0.15) is 10.8 Å². The lowest BCUT2D eigenvalue weighted by molar-refractivity contribution is 0.0977. The summed E-state index contributed by atoms with van der Waals surface area (Å²) in [7, 11) is 0. The summed E-state index contributed by atoms with van der Waals surface area (Å²) in [4.78, 5) is 6.63. The average molecular weight is 301 g/mol. The fourth-order valence-corrected chi connectivity index (χ4v) is 4.29. The highest BCUT2D eigenvalue weighted by Crippen LogP contribution is 2.39. The van der Waals surface area contributed by atoms with Gasteiger partial charge >= 0.3 is 0 Å². The van der Waals surface area contributed by atoms with E-state index in [-0.39, 0.29) is 0 Å². The standard InChI is InChI=1S/C15H19N5S/c16-14-13(11-1-5-17-6-2-11)15(21-19-14)18-12-9-20-7-3-10(12)4-8-20/h1-2,5-6,10,12,18H,3-4,7-9H2,(H2,16,19). The van der Waals surface area contributed by atoms with Gasteiger partial charge in [0.25, 0.3) is 0 Å². The summed E-state index contributed by atoms with van der Waals surface area (Å²) in [5.41, 5.74) is 8.19. The van der Waals surface area contributed by atoms with Crippen LogP contribution in [0.15, 0.2) is 24.5 Å². The maximum Gasteiger partial charge on any atom is 0.147 e. The summed E-state index contributed by atoms with van der Waals surface area (Å²) in [6.07, 6.45) is 6.20. The van der Waals surface area contributed by atoms with Crippen LogP contribution >= 0.6 is 11.5 Å². The van der Waals surface area contributed by atoms with Crippen molar-refractivity contribution in [1.82, 2.24) is 14.3 Å². The molecule has 0 spiro atoms. The van der Waals surface area contributed by atoms with E-state index >= 15 is 0 Å². The van der Waals surface area contributed by atoms with Crippen molar-refractivity contribution >= 4 is 22.4 Å². The first kappa shape index (κ1) is 13.0. The number of rotatable bonds is 3. The second-order valence-corrected chi connectivity index (χ2v) is 6.67. The second-order valence-electron chi connectivity index (χ2n) is 5.90. The lowest BCUT2D eigenvalue weighted by Crippen LogP contribution is -2.53. The van der Waals surface area contributed by atoms with Crippen LogP contribution in [0, 0.1) is 5.92 Å². The molecule has 3 aliphatic heterocycles. The van der Waals surface area contributed by atoms with Gasteiger partial charge in [0.15, 0.2) is 0 Å². The zero-order valence-electron chi connectivity index (χ0n) is 11.8. The Labute approximate surface area is 128 Å². The molecule has 2 bridgehead atoms. The Morgan fingerprint density at radius 2 is 2.00 bits per heavy atom. The van der Waals surface area contributed by atoms with Gasteiger partial charge in [-0.15, -0.1) is 0 Å². The Morgan fingerprint density at radius 1 is 1.24 bits per heavy atom. The summed E-state index contributed by atoms with van der Waals surface area (Å²) in [6.45, 7) is 3.65. The predicted octanol–water partition coefficient (Wildman–Crippen LogP) is 2.29. The topological polar surface area (TPSA) is 67.1 Å². The van der Waals surface area contributed by atoms with E-state index in [1.807, 2.05) is 12.1 Å². The predicted molar refractivity (Wildman–Crippen MR) is 86.3 cm³/mol. The molecule has 2 aromatic heterocycles. The van der Waals surface area contributed by atoms with Crippen molar-refractivity contribution in [2.75, 3.05) is 30.7 Å². The second kappa shape index (κ2) is 5.27. The van der Waals surface area contributed by atoms with Gasteiger partial charge in [0.2, 0.25) is 0 Å². The van der Waals surface area contributed by atoms with Gasteiger partial charge in [-0.05, 0) is 61.1 Å². The molecule has 1 atom stereocenters. The summed E-state index contributed by atoms with van der Waals surface area (Å²) >= 11 is 1.47. The fourth-order valence-electron chi connectivity index (χ4n) is 3.50. The molecule has 0 aromatic carbocycles. The van der Waals surface area contributed by atoms with E-state index in [1.54, 1.807) is 12.4 Å². The number of hydrogen-bond donors (Lipinski definition) is 2. The number of aromatic nitrogens is 2. The van der Waals surface area contributed by atoms with Crippen molar-refractivity contribution in [2.24, 2.45) is 5.92 Å². The Morgan fingerprint density at radius 3 is 2.67 bits per heavy atom. The smallest absolute Gasteiger partial charge is 0.147 e. The Hall–Kier alpha value is -1.66. The summed E-state index contributed by atoms with van der Waals surface area (Å²) < 4.78 is 4.34. The summed E-state index contributed by atoms with van der Waals surface area (Å²) in [6, 6.07) is 4.50. The van der Waals surface area contributed by atoms with Crippen molar-refractivity contribution in [2.45, 2.75) is 18.9 Å². The number of anilines is 2. The molecule has 3 saturated heterocycles. The number of piperidine rings is 3. The SMILES string of the molecule is Nc1nsc(NC2CN3CCC2CC3)c1-c1ccncc1. The van der Waals surface area contributed by atoms with Gasteiger partial charge in [0.05, 0.1) is 5.56 Å². The molecule has 0 radical (unpaired) electrons. The van der Waals surface area contributed by atoms with Gasteiger partial charge < -0.3 is 16.0 Å². The zero-order chi connectivity index (χ0) is 14.2. The maximum atomic E-state index is 6.08. The van der Waals surface area contributed by atoms with Crippen LogP contribution in [0.4, 0.5) is 10.8 Å². The van der Waals surface area contributed by atoms with Crippen LogP contribution in [0.3, 0.4) is 0 Å². The molecule has 0 amide bonds. The number of nitrogens with zero attached hydrogens (tertiary/aromatic N) is 3. The lowest BCUT2D eigenvalue weighted by atomic mass is 9.84. The molecule has 5 heterocycles. The van der Waals surface area contributed by atoms with Gasteiger partial charge in [-0.25, -0.2) is 0 Å². The van der Waals surface area contributed by atoms with Crippen molar-refractivity contribution in [3.63, 3.8) is 0 Å². The summed E-state index contributed by atoms with van der Waals surface area (Å²) in [5, 5.41) is 4.81. The van der Waals surface area contributed by atoms with Crippen LogP contribution in [-0.2, 0) is 0 Å². The third-order valence-electron chi connectivity index (χ3n) is 4.66. The van der Waals surface area contributed by atoms with Crippen LogP contribution in [0.25, 0.3) is 11.1 Å². The van der Waals surface area contributed by atoms with Gasteiger partial charge in [-0.1, -0.05) is 0 Å². The van der Waals surface area contributed by atoms with E-state index < -0.39 is 0 Å². The third kappa shape index (κ3) is 2.38. The third-order valence-corrected chi connectivity index (χ3v) is 5.45. The number of nitrogen functional groups attached to an aromatic ring is 1. The molecule has 2 aromatic rings. The highest BCUT2D eigenvalue weighted by molar-refractivity contribution is 7.11. The Balaban J connectivity index is 1.62. The van der Waals surface area contributed by atoms with Gasteiger partial charge in [0, 0.05) is 25.0 Å².